The van der Waals surface area contributed by atoms with E-state index < -0.39 is 0 Å². The lowest BCUT2D eigenvalue weighted by atomic mass is 9.84. The Morgan fingerprint density at radius 1 is 1.57 bits per heavy atom. The Morgan fingerprint density at radius 2 is 2.21 bits per heavy atom. The zero-order valence-corrected chi connectivity index (χ0v) is 9.32. The summed E-state index contributed by atoms with van der Waals surface area (Å²) in [4.78, 5) is 1.94. The zero-order chi connectivity index (χ0) is 10.8. The van der Waals surface area contributed by atoms with Crippen LogP contribution in [0.2, 0.25) is 0 Å². The van der Waals surface area contributed by atoms with Gasteiger partial charge < -0.3 is 15.8 Å². The molecule has 0 saturated carbocycles. The molecule has 1 unspecified atom stereocenters. The summed E-state index contributed by atoms with van der Waals surface area (Å²) < 4.78 is 0. The van der Waals surface area contributed by atoms with Gasteiger partial charge in [0.2, 0.25) is 5.96 Å². The normalized spacial score (nSPS) is 24.4. The first-order chi connectivity index (χ1) is 6.42. The van der Waals surface area contributed by atoms with E-state index in [9.17, 15) is 0 Å². The lowest BCUT2D eigenvalue weighted by Crippen LogP contribution is -2.35. The number of nitrogens with two attached hydrogens (primary N) is 1. The van der Waals surface area contributed by atoms with Crippen molar-refractivity contribution >= 4 is 5.96 Å². The van der Waals surface area contributed by atoms with Gasteiger partial charge in [0.15, 0.2) is 0 Å². The minimum atomic E-state index is 0.251. The first kappa shape index (κ1) is 11.1. The molecule has 1 atom stereocenters. The standard InChI is InChI=1S/C10H21N3O/c1-10(2,3)6-8-4-5-13(7-8)9(11)12-14/h8,14H,4-7H2,1-3H3,(H2,11,12). The van der Waals surface area contributed by atoms with Crippen LogP contribution in [0.25, 0.3) is 0 Å². The molecule has 0 amide bonds. The Hall–Kier alpha value is -0.930. The summed E-state index contributed by atoms with van der Waals surface area (Å²) in [6, 6.07) is 0. The molecule has 0 spiro atoms. The van der Waals surface area contributed by atoms with Crippen molar-refractivity contribution in [3.05, 3.63) is 0 Å². The van der Waals surface area contributed by atoms with E-state index in [4.69, 9.17) is 10.9 Å². The van der Waals surface area contributed by atoms with Gasteiger partial charge in [-0.2, -0.15) is 0 Å². The Labute approximate surface area is 85.8 Å². The molecule has 0 aromatic rings. The second-order valence-electron chi connectivity index (χ2n) is 5.32. The van der Waals surface area contributed by atoms with E-state index in [1.807, 2.05) is 4.90 Å². The van der Waals surface area contributed by atoms with Gasteiger partial charge in [0.1, 0.15) is 0 Å². The van der Waals surface area contributed by atoms with Gasteiger partial charge in [-0.05, 0) is 24.2 Å². The molecule has 1 aliphatic heterocycles. The smallest absolute Gasteiger partial charge is 0.233 e. The molecule has 4 heteroatoms. The average Bonchev–Trinajstić information content (AvgIpc) is 2.48. The van der Waals surface area contributed by atoms with Crippen molar-refractivity contribution in [2.75, 3.05) is 13.1 Å². The summed E-state index contributed by atoms with van der Waals surface area (Å²) >= 11 is 0. The van der Waals surface area contributed by atoms with Crippen LogP contribution in [0.3, 0.4) is 0 Å². The van der Waals surface area contributed by atoms with Crippen molar-refractivity contribution in [1.82, 2.24) is 4.90 Å². The zero-order valence-electron chi connectivity index (χ0n) is 9.32. The predicted octanol–water partition coefficient (Wildman–Crippen LogP) is 1.45. The van der Waals surface area contributed by atoms with E-state index in [0.29, 0.717) is 11.3 Å². The summed E-state index contributed by atoms with van der Waals surface area (Å²) in [6.07, 6.45) is 2.34. The van der Waals surface area contributed by atoms with Crippen molar-refractivity contribution in [2.24, 2.45) is 22.2 Å². The van der Waals surface area contributed by atoms with Gasteiger partial charge in [0.05, 0.1) is 0 Å². The van der Waals surface area contributed by atoms with Crippen LogP contribution in [0, 0.1) is 11.3 Å². The molecular formula is C10H21N3O. The number of rotatable bonds is 1. The maximum atomic E-state index is 8.54. The van der Waals surface area contributed by atoms with Gasteiger partial charge >= 0.3 is 0 Å². The van der Waals surface area contributed by atoms with Gasteiger partial charge in [-0.1, -0.05) is 25.9 Å². The van der Waals surface area contributed by atoms with E-state index in [1.54, 1.807) is 0 Å². The predicted molar refractivity (Wildman–Crippen MR) is 57.2 cm³/mol. The van der Waals surface area contributed by atoms with E-state index >= 15 is 0 Å². The second-order valence-corrected chi connectivity index (χ2v) is 5.32. The molecule has 3 N–H and O–H groups in total. The van der Waals surface area contributed by atoms with Crippen molar-refractivity contribution < 1.29 is 5.21 Å². The fourth-order valence-corrected chi connectivity index (χ4v) is 2.14. The van der Waals surface area contributed by atoms with Crippen LogP contribution in [-0.4, -0.2) is 29.2 Å². The maximum Gasteiger partial charge on any atom is 0.233 e. The van der Waals surface area contributed by atoms with Crippen LogP contribution in [0.5, 0.6) is 0 Å². The third-order valence-corrected chi connectivity index (χ3v) is 2.61. The van der Waals surface area contributed by atoms with Crippen LogP contribution in [-0.2, 0) is 0 Å². The highest BCUT2D eigenvalue weighted by Crippen LogP contribution is 2.30. The van der Waals surface area contributed by atoms with Crippen molar-refractivity contribution in [3.63, 3.8) is 0 Å². The number of guanidine groups is 1. The van der Waals surface area contributed by atoms with Gasteiger partial charge in [-0.3, -0.25) is 0 Å². The van der Waals surface area contributed by atoms with E-state index in [0.717, 1.165) is 19.5 Å². The fourth-order valence-electron chi connectivity index (χ4n) is 2.14. The molecule has 0 bridgehead atoms. The number of hydrogen-bond donors (Lipinski definition) is 2. The number of oxime groups is 1. The molecule has 0 aromatic heterocycles. The summed E-state index contributed by atoms with van der Waals surface area (Å²) in [7, 11) is 0. The fraction of sp³-hybridized carbons (Fsp3) is 0.900. The van der Waals surface area contributed by atoms with Gasteiger partial charge in [0.25, 0.3) is 0 Å². The monoisotopic (exact) mass is 199 g/mol. The molecule has 1 aliphatic rings. The summed E-state index contributed by atoms with van der Waals surface area (Å²) in [5.41, 5.74) is 5.90. The molecule has 82 valence electrons. The quantitative estimate of drug-likeness (QED) is 0.291. The van der Waals surface area contributed by atoms with Gasteiger partial charge in [-0.25, -0.2) is 0 Å². The topological polar surface area (TPSA) is 61.8 Å². The van der Waals surface area contributed by atoms with Crippen molar-refractivity contribution in [2.45, 2.75) is 33.6 Å². The third-order valence-electron chi connectivity index (χ3n) is 2.61. The minimum Gasteiger partial charge on any atom is -0.408 e. The molecule has 1 fully saturated rings. The van der Waals surface area contributed by atoms with Crippen molar-refractivity contribution in [1.29, 1.82) is 0 Å². The van der Waals surface area contributed by atoms with Gasteiger partial charge in [-0.15, -0.1) is 0 Å². The number of likely N-dealkylation sites (tertiary alicyclic amines) is 1. The largest absolute Gasteiger partial charge is 0.408 e. The lowest BCUT2D eigenvalue weighted by molar-refractivity contribution is 0.288. The van der Waals surface area contributed by atoms with Crippen LogP contribution < -0.4 is 5.73 Å². The molecule has 0 aliphatic carbocycles. The van der Waals surface area contributed by atoms with Crippen molar-refractivity contribution in [3.8, 4) is 0 Å². The summed E-state index contributed by atoms with van der Waals surface area (Å²) in [5.74, 6) is 0.928. The highest BCUT2D eigenvalue weighted by atomic mass is 16.4. The minimum absolute atomic E-state index is 0.251. The van der Waals surface area contributed by atoms with E-state index in [-0.39, 0.29) is 5.96 Å². The Kier molecular flexibility index (Phi) is 3.24. The number of nitrogens with zero attached hydrogens (tertiary/aromatic N) is 2. The first-order valence-electron chi connectivity index (χ1n) is 5.15. The van der Waals surface area contributed by atoms with Crippen LogP contribution in [0.15, 0.2) is 5.16 Å². The number of hydrogen-bond acceptors (Lipinski definition) is 2. The van der Waals surface area contributed by atoms with Crippen LogP contribution in [0.4, 0.5) is 0 Å². The molecule has 0 aromatic carbocycles. The van der Waals surface area contributed by atoms with E-state index in [1.165, 1.54) is 6.42 Å². The third kappa shape index (κ3) is 3.09. The first-order valence-corrected chi connectivity index (χ1v) is 5.15. The summed E-state index contributed by atoms with van der Waals surface area (Å²) in [6.45, 7) is 8.58. The molecule has 1 saturated heterocycles. The molecule has 1 rings (SSSR count). The van der Waals surface area contributed by atoms with Gasteiger partial charge in [0, 0.05) is 13.1 Å². The molecule has 0 radical (unpaired) electrons. The SMILES string of the molecule is CC(C)(C)CC1CCN(/C(N)=N/O)C1. The Bertz CT molecular complexity index is 220. The highest BCUT2D eigenvalue weighted by Gasteiger charge is 2.27. The Morgan fingerprint density at radius 3 is 2.71 bits per heavy atom. The Balaban J connectivity index is 2.42. The molecule has 4 nitrogen and oxygen atoms in total. The molecule has 1 heterocycles. The average molecular weight is 199 g/mol. The lowest BCUT2D eigenvalue weighted by Gasteiger charge is -2.23. The maximum absolute atomic E-state index is 8.54. The van der Waals surface area contributed by atoms with Crippen LogP contribution >= 0.6 is 0 Å². The summed E-state index contributed by atoms with van der Waals surface area (Å²) in [5, 5.41) is 11.6. The molecule has 14 heavy (non-hydrogen) atoms. The second kappa shape index (κ2) is 4.07. The van der Waals surface area contributed by atoms with E-state index in [2.05, 4.69) is 25.9 Å². The highest BCUT2D eigenvalue weighted by molar-refractivity contribution is 5.77. The molecular weight excluding hydrogens is 178 g/mol. The van der Waals surface area contributed by atoms with Crippen LogP contribution in [0.1, 0.15) is 33.6 Å².